The lowest BCUT2D eigenvalue weighted by Crippen LogP contribution is -2.24. The lowest BCUT2D eigenvalue weighted by molar-refractivity contribution is 0.435. The number of aromatic nitrogens is 2. The maximum absolute atomic E-state index is 6.05. The lowest BCUT2D eigenvalue weighted by atomic mass is 9.98. The molecule has 3 atom stereocenters. The van der Waals surface area contributed by atoms with Crippen LogP contribution in [0, 0.1) is 11.8 Å². The Kier molecular flexibility index (Phi) is 4.10. The molecule has 1 aliphatic rings. The van der Waals surface area contributed by atoms with Crippen molar-refractivity contribution < 1.29 is 0 Å². The smallest absolute Gasteiger partial charge is 0.135 e. The van der Waals surface area contributed by atoms with Crippen LogP contribution in [0.2, 0.25) is 5.15 Å². The topological polar surface area (TPSA) is 37.8 Å². The normalized spacial score (nSPS) is 27.8. The Balaban J connectivity index is 2.14. The predicted octanol–water partition coefficient (Wildman–Crippen LogP) is 4.10. The van der Waals surface area contributed by atoms with Gasteiger partial charge in [-0.1, -0.05) is 39.3 Å². The van der Waals surface area contributed by atoms with Gasteiger partial charge in [0, 0.05) is 18.0 Å². The molecule has 0 saturated heterocycles. The van der Waals surface area contributed by atoms with Crippen LogP contribution in [0.25, 0.3) is 0 Å². The number of nitrogens with zero attached hydrogens (tertiary/aromatic N) is 2. The number of hydrogen-bond donors (Lipinski definition) is 1. The van der Waals surface area contributed by atoms with Gasteiger partial charge < -0.3 is 5.32 Å². The minimum Gasteiger partial charge on any atom is -0.367 e. The van der Waals surface area contributed by atoms with Gasteiger partial charge in [-0.3, -0.25) is 0 Å². The van der Waals surface area contributed by atoms with Crippen LogP contribution < -0.4 is 5.32 Å². The molecule has 2 rings (SSSR count). The summed E-state index contributed by atoms with van der Waals surface area (Å²) >= 11 is 6.05. The van der Waals surface area contributed by atoms with E-state index in [0.29, 0.717) is 23.0 Å². The fourth-order valence-corrected chi connectivity index (χ4v) is 2.72. The molecule has 1 N–H and O–H groups in total. The van der Waals surface area contributed by atoms with Crippen LogP contribution in [0.1, 0.15) is 52.3 Å². The van der Waals surface area contributed by atoms with E-state index < -0.39 is 0 Å². The minimum atomic E-state index is 0.296. The van der Waals surface area contributed by atoms with Crippen LogP contribution in [0.15, 0.2) is 6.07 Å². The first-order chi connectivity index (χ1) is 8.47. The summed E-state index contributed by atoms with van der Waals surface area (Å²) in [6, 6.07) is 2.33. The van der Waals surface area contributed by atoms with Crippen molar-refractivity contribution in [2.24, 2.45) is 11.8 Å². The van der Waals surface area contributed by atoms with E-state index in [1.807, 2.05) is 6.07 Å². The Bertz CT molecular complexity index is 420. The molecular weight excluding hydrogens is 246 g/mol. The highest BCUT2D eigenvalue weighted by molar-refractivity contribution is 6.29. The summed E-state index contributed by atoms with van der Waals surface area (Å²) in [4.78, 5) is 8.81. The maximum Gasteiger partial charge on any atom is 0.135 e. The van der Waals surface area contributed by atoms with Gasteiger partial charge in [0.15, 0.2) is 0 Å². The highest BCUT2D eigenvalue weighted by Crippen LogP contribution is 2.33. The summed E-state index contributed by atoms with van der Waals surface area (Å²) < 4.78 is 0. The van der Waals surface area contributed by atoms with Crippen molar-refractivity contribution in [3.05, 3.63) is 17.0 Å². The van der Waals surface area contributed by atoms with Gasteiger partial charge in [0.1, 0.15) is 16.8 Å². The molecule has 4 heteroatoms. The van der Waals surface area contributed by atoms with E-state index >= 15 is 0 Å². The summed E-state index contributed by atoms with van der Waals surface area (Å²) in [6.45, 7) is 8.78. The molecular formula is C14H22ClN3. The van der Waals surface area contributed by atoms with Crippen LogP contribution in [0.4, 0.5) is 5.82 Å². The average molecular weight is 268 g/mol. The molecule has 1 aliphatic carbocycles. The molecule has 1 saturated carbocycles. The molecule has 0 aromatic carbocycles. The molecule has 0 aliphatic heterocycles. The molecule has 18 heavy (non-hydrogen) atoms. The van der Waals surface area contributed by atoms with Crippen molar-refractivity contribution in [2.75, 3.05) is 5.32 Å². The largest absolute Gasteiger partial charge is 0.367 e. The summed E-state index contributed by atoms with van der Waals surface area (Å²) in [5, 5.41) is 4.04. The van der Waals surface area contributed by atoms with Gasteiger partial charge in [0.2, 0.25) is 0 Å². The van der Waals surface area contributed by atoms with E-state index in [9.17, 15) is 0 Å². The Hall–Kier alpha value is -0.830. The molecule has 1 fully saturated rings. The lowest BCUT2D eigenvalue weighted by Gasteiger charge is -2.20. The van der Waals surface area contributed by atoms with E-state index in [4.69, 9.17) is 11.6 Å². The monoisotopic (exact) mass is 267 g/mol. The van der Waals surface area contributed by atoms with Crippen molar-refractivity contribution in [3.8, 4) is 0 Å². The van der Waals surface area contributed by atoms with E-state index in [2.05, 4.69) is 43.0 Å². The number of rotatable bonds is 3. The van der Waals surface area contributed by atoms with E-state index in [-0.39, 0.29) is 0 Å². The molecule has 0 amide bonds. The van der Waals surface area contributed by atoms with E-state index in [1.54, 1.807) is 0 Å². The summed E-state index contributed by atoms with van der Waals surface area (Å²) in [5.41, 5.74) is 0. The summed E-state index contributed by atoms with van der Waals surface area (Å²) in [7, 11) is 0. The van der Waals surface area contributed by atoms with Gasteiger partial charge in [0.25, 0.3) is 0 Å². The van der Waals surface area contributed by atoms with Crippen molar-refractivity contribution >= 4 is 17.4 Å². The Morgan fingerprint density at radius 3 is 2.56 bits per heavy atom. The molecule has 0 radical (unpaired) electrons. The average Bonchev–Trinajstić information content (AvgIpc) is 2.60. The molecule has 1 aromatic heterocycles. The number of halogens is 1. The number of nitrogens with one attached hydrogen (secondary N) is 1. The Morgan fingerprint density at radius 2 is 2.00 bits per heavy atom. The second-order valence-electron chi connectivity index (χ2n) is 5.75. The molecule has 3 nitrogen and oxygen atoms in total. The Morgan fingerprint density at radius 1 is 1.28 bits per heavy atom. The molecule has 0 spiro atoms. The first kappa shape index (κ1) is 13.6. The first-order valence-corrected chi connectivity index (χ1v) is 7.16. The van der Waals surface area contributed by atoms with Gasteiger partial charge in [-0.2, -0.15) is 0 Å². The minimum absolute atomic E-state index is 0.296. The van der Waals surface area contributed by atoms with Gasteiger partial charge in [-0.25, -0.2) is 9.97 Å². The van der Waals surface area contributed by atoms with Crippen LogP contribution >= 0.6 is 11.6 Å². The van der Waals surface area contributed by atoms with Crippen molar-refractivity contribution in [3.63, 3.8) is 0 Å². The summed E-state index contributed by atoms with van der Waals surface area (Å²) in [5.74, 6) is 3.43. The maximum atomic E-state index is 6.05. The highest BCUT2D eigenvalue weighted by Gasteiger charge is 2.29. The van der Waals surface area contributed by atoms with E-state index in [0.717, 1.165) is 17.6 Å². The molecule has 1 heterocycles. The Labute approximate surface area is 114 Å². The fraction of sp³-hybridized carbons (Fsp3) is 0.714. The van der Waals surface area contributed by atoms with Crippen molar-refractivity contribution in [1.82, 2.24) is 9.97 Å². The first-order valence-electron chi connectivity index (χ1n) is 6.78. The van der Waals surface area contributed by atoms with Crippen molar-refractivity contribution in [2.45, 2.75) is 52.5 Å². The highest BCUT2D eigenvalue weighted by atomic mass is 35.5. The third kappa shape index (κ3) is 2.94. The van der Waals surface area contributed by atoms with Crippen LogP contribution in [0.5, 0.6) is 0 Å². The van der Waals surface area contributed by atoms with Crippen LogP contribution in [-0.4, -0.2) is 16.0 Å². The second-order valence-corrected chi connectivity index (χ2v) is 6.14. The van der Waals surface area contributed by atoms with Gasteiger partial charge in [0.05, 0.1) is 0 Å². The predicted molar refractivity (Wildman–Crippen MR) is 76.1 cm³/mol. The quantitative estimate of drug-likeness (QED) is 0.838. The molecule has 100 valence electrons. The zero-order chi connectivity index (χ0) is 13.3. The van der Waals surface area contributed by atoms with Crippen molar-refractivity contribution in [1.29, 1.82) is 0 Å². The number of anilines is 1. The van der Waals surface area contributed by atoms with Gasteiger partial charge >= 0.3 is 0 Å². The summed E-state index contributed by atoms with van der Waals surface area (Å²) in [6.07, 6.45) is 2.50. The zero-order valence-electron chi connectivity index (χ0n) is 11.6. The SMILES string of the molecule is CC(C)c1nc(Cl)cc(NC2CCC(C)C2C)n1. The standard InChI is InChI=1S/C14H22ClN3/c1-8(2)14-17-12(15)7-13(18-14)16-11-6-5-9(3)10(11)4/h7-11H,5-6H2,1-4H3,(H,16,17,18). The third-order valence-electron chi connectivity index (χ3n) is 4.03. The second kappa shape index (κ2) is 5.43. The van der Waals surface area contributed by atoms with Gasteiger partial charge in [-0.05, 0) is 24.7 Å². The molecule has 3 unspecified atom stereocenters. The fourth-order valence-electron chi connectivity index (χ4n) is 2.53. The van der Waals surface area contributed by atoms with Crippen LogP contribution in [-0.2, 0) is 0 Å². The number of hydrogen-bond acceptors (Lipinski definition) is 3. The third-order valence-corrected chi connectivity index (χ3v) is 4.22. The molecule has 1 aromatic rings. The zero-order valence-corrected chi connectivity index (χ0v) is 12.3. The molecule has 0 bridgehead atoms. The van der Waals surface area contributed by atoms with Crippen LogP contribution in [0.3, 0.4) is 0 Å². The van der Waals surface area contributed by atoms with E-state index in [1.165, 1.54) is 12.8 Å². The van der Waals surface area contributed by atoms with Gasteiger partial charge in [-0.15, -0.1) is 0 Å².